The summed E-state index contributed by atoms with van der Waals surface area (Å²) in [7, 11) is 0. The molecule has 2 saturated carbocycles. The van der Waals surface area contributed by atoms with Crippen LogP contribution in [-0.4, -0.2) is 5.91 Å². The number of carbonyl (C=O) groups is 1. The molecule has 0 bridgehead atoms. The van der Waals surface area contributed by atoms with Crippen LogP contribution in [0.5, 0.6) is 0 Å². The van der Waals surface area contributed by atoms with Gasteiger partial charge >= 0.3 is 0 Å². The zero-order chi connectivity index (χ0) is 12.9. The summed E-state index contributed by atoms with van der Waals surface area (Å²) >= 11 is 5.98. The second-order valence-corrected chi connectivity index (χ2v) is 6.01. The molecule has 2 aliphatic carbocycles. The van der Waals surface area contributed by atoms with Gasteiger partial charge in [0.25, 0.3) is 0 Å². The van der Waals surface area contributed by atoms with E-state index in [1.807, 2.05) is 6.92 Å². The molecule has 0 aromatic heterocycles. The predicted octanol–water partition coefficient (Wildman–Crippen LogP) is 3.22. The molecule has 0 radical (unpaired) electrons. The maximum Gasteiger partial charge on any atom is 0.227 e. The highest BCUT2D eigenvalue weighted by Crippen LogP contribution is 2.54. The van der Waals surface area contributed by atoms with E-state index in [1.165, 1.54) is 6.42 Å². The van der Waals surface area contributed by atoms with E-state index in [-0.39, 0.29) is 11.8 Å². The van der Waals surface area contributed by atoms with Crippen LogP contribution in [0.3, 0.4) is 0 Å². The van der Waals surface area contributed by atoms with Crippen LogP contribution in [0.15, 0.2) is 12.1 Å². The summed E-state index contributed by atoms with van der Waals surface area (Å²) in [6, 6.07) is 3.53. The van der Waals surface area contributed by atoms with Crippen LogP contribution < -0.4 is 11.1 Å². The van der Waals surface area contributed by atoms with E-state index in [4.69, 9.17) is 17.3 Å². The molecular formula is C14H17ClN2O. The summed E-state index contributed by atoms with van der Waals surface area (Å²) < 4.78 is 0. The molecule has 1 aromatic rings. The number of amides is 1. The second kappa shape index (κ2) is 4.16. The Kier molecular flexibility index (Phi) is 2.74. The van der Waals surface area contributed by atoms with Crippen molar-refractivity contribution in [1.82, 2.24) is 0 Å². The number of nitrogens with two attached hydrogens (primary N) is 1. The summed E-state index contributed by atoms with van der Waals surface area (Å²) in [6.45, 7) is 1.93. The number of aryl methyl sites for hydroxylation is 1. The number of carbonyl (C=O) groups excluding carboxylic acids is 1. The van der Waals surface area contributed by atoms with Crippen LogP contribution in [0.2, 0.25) is 5.02 Å². The lowest BCUT2D eigenvalue weighted by atomic mass is 10.0. The van der Waals surface area contributed by atoms with Gasteiger partial charge < -0.3 is 11.1 Å². The maximum atomic E-state index is 12.1. The average molecular weight is 265 g/mol. The minimum Gasteiger partial charge on any atom is -0.398 e. The second-order valence-electron chi connectivity index (χ2n) is 5.60. The first-order chi connectivity index (χ1) is 8.54. The highest BCUT2D eigenvalue weighted by atomic mass is 35.5. The summed E-state index contributed by atoms with van der Waals surface area (Å²) in [5.41, 5.74) is 8.00. The van der Waals surface area contributed by atoms with Gasteiger partial charge in [-0.05, 0) is 55.7 Å². The fourth-order valence-electron chi connectivity index (χ4n) is 3.00. The predicted molar refractivity (Wildman–Crippen MR) is 73.6 cm³/mol. The summed E-state index contributed by atoms with van der Waals surface area (Å²) in [5, 5.41) is 3.47. The van der Waals surface area contributed by atoms with Gasteiger partial charge in [0.1, 0.15) is 0 Å². The maximum absolute atomic E-state index is 12.1. The normalized spacial score (nSPS) is 28.9. The zero-order valence-corrected chi connectivity index (χ0v) is 11.1. The summed E-state index contributed by atoms with van der Waals surface area (Å²) in [4.78, 5) is 12.1. The van der Waals surface area contributed by atoms with Crippen molar-refractivity contribution in [2.24, 2.45) is 17.8 Å². The molecule has 0 spiro atoms. The quantitative estimate of drug-likeness (QED) is 0.806. The summed E-state index contributed by atoms with van der Waals surface area (Å²) in [6.07, 6.45) is 3.44. The molecule has 0 saturated heterocycles. The highest BCUT2D eigenvalue weighted by Gasteiger charge is 2.47. The fraction of sp³-hybridized carbons (Fsp3) is 0.500. The van der Waals surface area contributed by atoms with Gasteiger partial charge in [0.15, 0.2) is 0 Å². The van der Waals surface area contributed by atoms with Crippen molar-refractivity contribution in [3.63, 3.8) is 0 Å². The van der Waals surface area contributed by atoms with Crippen molar-refractivity contribution >= 4 is 28.9 Å². The SMILES string of the molecule is Cc1cc(N)c(Cl)cc1NC(=O)C1CC2CC2C1. The number of hydrogen-bond donors (Lipinski definition) is 2. The minimum absolute atomic E-state index is 0.131. The molecular weight excluding hydrogens is 248 g/mol. The lowest BCUT2D eigenvalue weighted by Gasteiger charge is -2.14. The van der Waals surface area contributed by atoms with E-state index >= 15 is 0 Å². The van der Waals surface area contributed by atoms with Gasteiger partial charge in [0, 0.05) is 11.6 Å². The zero-order valence-electron chi connectivity index (χ0n) is 10.4. The molecule has 2 unspecified atom stereocenters. The molecule has 2 fully saturated rings. The lowest BCUT2D eigenvalue weighted by Crippen LogP contribution is -2.22. The Bertz CT molecular complexity index is 505. The fourth-order valence-corrected chi connectivity index (χ4v) is 3.17. The van der Waals surface area contributed by atoms with Gasteiger partial charge in [-0.25, -0.2) is 0 Å². The number of nitrogen functional groups attached to an aromatic ring is 1. The van der Waals surface area contributed by atoms with E-state index < -0.39 is 0 Å². The number of hydrogen-bond acceptors (Lipinski definition) is 2. The Morgan fingerprint density at radius 3 is 2.67 bits per heavy atom. The first-order valence-electron chi connectivity index (χ1n) is 6.41. The number of rotatable bonds is 2. The van der Waals surface area contributed by atoms with Crippen LogP contribution in [0.4, 0.5) is 11.4 Å². The van der Waals surface area contributed by atoms with Crippen molar-refractivity contribution in [2.75, 3.05) is 11.1 Å². The third kappa shape index (κ3) is 2.07. The average Bonchev–Trinajstić information content (AvgIpc) is 2.93. The Morgan fingerprint density at radius 1 is 1.33 bits per heavy atom. The van der Waals surface area contributed by atoms with Gasteiger partial charge in [-0.3, -0.25) is 4.79 Å². The molecule has 0 aliphatic heterocycles. The molecule has 3 N–H and O–H groups in total. The van der Waals surface area contributed by atoms with Crippen molar-refractivity contribution in [2.45, 2.75) is 26.2 Å². The molecule has 4 heteroatoms. The van der Waals surface area contributed by atoms with E-state index in [9.17, 15) is 4.79 Å². The third-order valence-corrected chi connectivity index (χ3v) is 4.54. The van der Waals surface area contributed by atoms with Gasteiger partial charge in [-0.1, -0.05) is 11.6 Å². The Hall–Kier alpha value is -1.22. The number of benzene rings is 1. The van der Waals surface area contributed by atoms with Gasteiger partial charge in [-0.2, -0.15) is 0 Å². The Morgan fingerprint density at radius 2 is 2.00 bits per heavy atom. The standard InChI is InChI=1S/C14H17ClN2O/c1-7-2-12(16)11(15)6-13(7)17-14(18)10-4-8-3-9(8)5-10/h2,6,8-10H,3-5,16H2,1H3,(H,17,18). The smallest absolute Gasteiger partial charge is 0.227 e. The number of nitrogens with one attached hydrogen (secondary N) is 1. The molecule has 1 aromatic carbocycles. The van der Waals surface area contributed by atoms with Crippen LogP contribution >= 0.6 is 11.6 Å². The topological polar surface area (TPSA) is 55.1 Å². The van der Waals surface area contributed by atoms with Gasteiger partial charge in [0.2, 0.25) is 5.91 Å². The van der Waals surface area contributed by atoms with E-state index in [2.05, 4.69) is 5.32 Å². The third-order valence-electron chi connectivity index (χ3n) is 4.22. The molecule has 1 amide bonds. The molecule has 3 rings (SSSR count). The number of fused-ring (bicyclic) bond motifs is 1. The molecule has 0 heterocycles. The number of halogens is 1. The van der Waals surface area contributed by atoms with E-state index in [0.717, 1.165) is 35.9 Å². The molecule has 18 heavy (non-hydrogen) atoms. The largest absolute Gasteiger partial charge is 0.398 e. The Labute approximate surface area is 112 Å². The van der Waals surface area contributed by atoms with Crippen molar-refractivity contribution < 1.29 is 4.79 Å². The lowest BCUT2D eigenvalue weighted by molar-refractivity contribution is -0.120. The van der Waals surface area contributed by atoms with Crippen LogP contribution in [-0.2, 0) is 4.79 Å². The monoisotopic (exact) mass is 264 g/mol. The van der Waals surface area contributed by atoms with Crippen molar-refractivity contribution in [3.8, 4) is 0 Å². The Balaban J connectivity index is 1.72. The van der Waals surface area contributed by atoms with E-state index in [1.54, 1.807) is 12.1 Å². The number of anilines is 2. The highest BCUT2D eigenvalue weighted by molar-refractivity contribution is 6.33. The van der Waals surface area contributed by atoms with Gasteiger partial charge in [-0.15, -0.1) is 0 Å². The van der Waals surface area contributed by atoms with Crippen LogP contribution in [0.1, 0.15) is 24.8 Å². The molecule has 2 aliphatic rings. The first kappa shape index (κ1) is 11.8. The van der Waals surface area contributed by atoms with Crippen molar-refractivity contribution in [1.29, 1.82) is 0 Å². The molecule has 96 valence electrons. The molecule has 3 nitrogen and oxygen atoms in total. The first-order valence-corrected chi connectivity index (χ1v) is 6.79. The van der Waals surface area contributed by atoms with Crippen LogP contribution in [0, 0.1) is 24.7 Å². The molecule has 2 atom stereocenters. The van der Waals surface area contributed by atoms with Gasteiger partial charge in [0.05, 0.1) is 10.7 Å². The summed E-state index contributed by atoms with van der Waals surface area (Å²) in [5.74, 6) is 1.95. The van der Waals surface area contributed by atoms with Crippen LogP contribution in [0.25, 0.3) is 0 Å². The van der Waals surface area contributed by atoms with Crippen molar-refractivity contribution in [3.05, 3.63) is 22.7 Å². The van der Waals surface area contributed by atoms with E-state index in [0.29, 0.717) is 10.7 Å². The minimum atomic E-state index is 0.131.